The van der Waals surface area contributed by atoms with Crippen molar-refractivity contribution in [2.75, 3.05) is 13.1 Å². The summed E-state index contributed by atoms with van der Waals surface area (Å²) in [6.07, 6.45) is 0.386. The second kappa shape index (κ2) is 13.6. The molecule has 0 atom stereocenters. The van der Waals surface area contributed by atoms with E-state index in [2.05, 4.69) is 10.3 Å². The summed E-state index contributed by atoms with van der Waals surface area (Å²) in [5.41, 5.74) is 7.51. The molecule has 0 aromatic rings. The molecule has 0 saturated carbocycles. The van der Waals surface area contributed by atoms with Gasteiger partial charge in [-0.2, -0.15) is 5.48 Å². The van der Waals surface area contributed by atoms with Crippen LogP contribution in [0.15, 0.2) is 0 Å². The Morgan fingerprint density at radius 1 is 1.73 bits per heavy atom. The zero-order valence-corrected chi connectivity index (χ0v) is 12.2. The smallest absolute Gasteiger partial charge is 1.00 e. The van der Waals surface area contributed by atoms with Crippen LogP contribution in [-0.2, 0) is 29.1 Å². The third kappa shape index (κ3) is 13.9. The van der Waals surface area contributed by atoms with Crippen molar-refractivity contribution < 1.29 is 60.1 Å². The Bertz CT molecular complexity index is 99.5. The van der Waals surface area contributed by atoms with Gasteiger partial charge in [0.05, 0.1) is 0 Å². The monoisotopic (exact) mass is 220 g/mol. The summed E-state index contributed by atoms with van der Waals surface area (Å²) < 4.78 is 0. The molecule has 0 heterocycles. The average molecular weight is 222 g/mol. The third-order valence-electron chi connectivity index (χ3n) is 0.721. The van der Waals surface area contributed by atoms with Crippen molar-refractivity contribution in [2.24, 2.45) is 5.73 Å². The first-order valence-electron chi connectivity index (χ1n) is 2.93. The van der Waals surface area contributed by atoms with Gasteiger partial charge in [0, 0.05) is 39.0 Å². The van der Waals surface area contributed by atoms with Gasteiger partial charge in [0.1, 0.15) is 0 Å². The second-order valence-corrected chi connectivity index (χ2v) is 1.51. The molecular formula is C5H13N2NaO2Zn. The van der Waals surface area contributed by atoms with Crippen LogP contribution in [0.1, 0.15) is 14.8 Å². The molecule has 0 aliphatic heterocycles. The predicted octanol–water partition coefficient (Wildman–Crippen LogP) is -3.48. The molecule has 6 heteroatoms. The van der Waals surface area contributed by atoms with Gasteiger partial charge in [-0.05, 0) is 0 Å². The Balaban J connectivity index is -0.000000107. The Hall–Kier alpha value is 1.01. The zero-order chi connectivity index (χ0) is 7.11. The summed E-state index contributed by atoms with van der Waals surface area (Å²) in [7, 11) is 0. The molecule has 0 aliphatic rings. The van der Waals surface area contributed by atoms with Crippen LogP contribution in [0.2, 0.25) is 0 Å². The molecule has 0 aliphatic carbocycles. The van der Waals surface area contributed by atoms with Crippen molar-refractivity contribution in [3.63, 3.8) is 0 Å². The fraction of sp³-hybridized carbons (Fsp3) is 0.800. The number of carbonyl (C=O) groups is 1. The second-order valence-electron chi connectivity index (χ2n) is 1.51. The molecule has 0 spiro atoms. The van der Waals surface area contributed by atoms with Gasteiger partial charge in [-0.3, -0.25) is 4.79 Å². The standard InChI is InChI=1S/C5H12N2O2.Na.Zn.H/c1-2-5(8)9-7-4-3-6;;;/h7H,2-4,6H2,1H3;;;/q;+1;;-1. The van der Waals surface area contributed by atoms with Crippen LogP contribution in [0.5, 0.6) is 0 Å². The summed E-state index contributed by atoms with van der Waals surface area (Å²) in [5, 5.41) is 0. The maximum Gasteiger partial charge on any atom is 1.00 e. The molecule has 0 radical (unpaired) electrons. The number of carbonyl (C=O) groups excluding carboxylic acids is 1. The van der Waals surface area contributed by atoms with E-state index in [9.17, 15) is 4.79 Å². The molecule has 11 heavy (non-hydrogen) atoms. The Labute approximate surface area is 103 Å². The molecule has 4 nitrogen and oxygen atoms in total. The first-order chi connectivity index (χ1) is 4.31. The van der Waals surface area contributed by atoms with Gasteiger partial charge in [0.2, 0.25) is 0 Å². The minimum atomic E-state index is -0.261. The fourth-order valence-corrected chi connectivity index (χ4v) is 0.263. The van der Waals surface area contributed by atoms with Gasteiger partial charge in [0.15, 0.2) is 0 Å². The first-order valence-corrected chi connectivity index (χ1v) is 2.93. The molecule has 58 valence electrons. The number of hydrogen-bond donors (Lipinski definition) is 2. The van der Waals surface area contributed by atoms with Crippen LogP contribution in [0.25, 0.3) is 0 Å². The summed E-state index contributed by atoms with van der Waals surface area (Å²) >= 11 is 0. The van der Waals surface area contributed by atoms with E-state index in [4.69, 9.17) is 5.73 Å². The quantitative estimate of drug-likeness (QED) is 0.294. The molecule has 0 amide bonds. The average Bonchev–Trinajstić information content (AvgIpc) is 1.89. The molecule has 0 aromatic carbocycles. The molecule has 0 fully saturated rings. The van der Waals surface area contributed by atoms with Crippen molar-refractivity contribution >= 4 is 5.97 Å². The van der Waals surface area contributed by atoms with Crippen molar-refractivity contribution in [3.8, 4) is 0 Å². The van der Waals surface area contributed by atoms with E-state index in [1.807, 2.05) is 0 Å². The zero-order valence-electron chi connectivity index (χ0n) is 8.22. The van der Waals surface area contributed by atoms with Gasteiger partial charge in [0.25, 0.3) is 0 Å². The summed E-state index contributed by atoms with van der Waals surface area (Å²) in [6, 6.07) is 0. The molecule has 0 rings (SSSR count). The number of nitrogens with two attached hydrogens (primary N) is 1. The van der Waals surface area contributed by atoms with Gasteiger partial charge in [-0.15, -0.1) is 0 Å². The number of nitrogens with one attached hydrogen (secondary N) is 1. The molecule has 0 saturated heterocycles. The van der Waals surface area contributed by atoms with E-state index in [1.165, 1.54) is 0 Å². The van der Waals surface area contributed by atoms with Crippen LogP contribution in [-0.4, -0.2) is 19.1 Å². The fourth-order valence-electron chi connectivity index (χ4n) is 0.263. The summed E-state index contributed by atoms with van der Waals surface area (Å²) in [5.74, 6) is -0.261. The number of rotatable bonds is 4. The molecular weight excluding hydrogens is 208 g/mol. The van der Waals surface area contributed by atoms with Crippen molar-refractivity contribution in [3.05, 3.63) is 0 Å². The third-order valence-corrected chi connectivity index (χ3v) is 0.721. The number of hydroxylamine groups is 1. The van der Waals surface area contributed by atoms with Gasteiger partial charge >= 0.3 is 35.5 Å². The van der Waals surface area contributed by atoms with Gasteiger partial charge in [-0.1, -0.05) is 6.92 Å². The van der Waals surface area contributed by atoms with Crippen LogP contribution in [0.4, 0.5) is 0 Å². The minimum Gasteiger partial charge on any atom is -1.00 e. The van der Waals surface area contributed by atoms with Crippen molar-refractivity contribution in [1.82, 2.24) is 5.48 Å². The van der Waals surface area contributed by atoms with E-state index in [0.717, 1.165) is 0 Å². The SMILES string of the molecule is CCC(=O)ONCCN.[H-].[Na+].[Zn]. The van der Waals surface area contributed by atoms with E-state index in [-0.39, 0.29) is 56.4 Å². The normalized spacial score (nSPS) is 7.45. The summed E-state index contributed by atoms with van der Waals surface area (Å²) in [6.45, 7) is 2.70. The van der Waals surface area contributed by atoms with Gasteiger partial charge in [-0.25, -0.2) is 0 Å². The van der Waals surface area contributed by atoms with E-state index < -0.39 is 0 Å². The van der Waals surface area contributed by atoms with Crippen LogP contribution < -0.4 is 40.8 Å². The van der Waals surface area contributed by atoms with Gasteiger partial charge < -0.3 is 12.0 Å². The van der Waals surface area contributed by atoms with Crippen molar-refractivity contribution in [2.45, 2.75) is 13.3 Å². The largest absolute Gasteiger partial charge is 1.00 e. The van der Waals surface area contributed by atoms with E-state index >= 15 is 0 Å². The van der Waals surface area contributed by atoms with Crippen LogP contribution in [0.3, 0.4) is 0 Å². The molecule has 0 unspecified atom stereocenters. The Kier molecular flexibility index (Phi) is 22.2. The van der Waals surface area contributed by atoms with Crippen LogP contribution >= 0.6 is 0 Å². The first kappa shape index (κ1) is 17.9. The molecule has 3 N–H and O–H groups in total. The molecule has 0 bridgehead atoms. The Morgan fingerprint density at radius 2 is 2.27 bits per heavy atom. The summed E-state index contributed by atoms with van der Waals surface area (Å²) in [4.78, 5) is 14.8. The number of hydrogen-bond acceptors (Lipinski definition) is 4. The van der Waals surface area contributed by atoms with E-state index in [1.54, 1.807) is 6.92 Å². The van der Waals surface area contributed by atoms with Crippen LogP contribution in [0, 0.1) is 0 Å². The predicted molar refractivity (Wildman–Crippen MR) is 34.6 cm³/mol. The minimum absolute atomic E-state index is 0. The van der Waals surface area contributed by atoms with Crippen molar-refractivity contribution in [1.29, 1.82) is 0 Å². The maximum absolute atomic E-state index is 10.4. The molecule has 0 aromatic heterocycles. The Morgan fingerprint density at radius 3 is 2.64 bits per heavy atom. The van der Waals surface area contributed by atoms with E-state index in [0.29, 0.717) is 19.5 Å². The topological polar surface area (TPSA) is 64.3 Å². The maximum atomic E-state index is 10.4.